The summed E-state index contributed by atoms with van der Waals surface area (Å²) in [5, 5.41) is 0. The molecule has 3 heteroatoms. The summed E-state index contributed by atoms with van der Waals surface area (Å²) in [6.07, 6.45) is 2.18. The third-order valence-electron chi connectivity index (χ3n) is 3.93. The van der Waals surface area contributed by atoms with Crippen LogP contribution in [-0.2, 0) is 0 Å². The van der Waals surface area contributed by atoms with E-state index < -0.39 is 0 Å². The van der Waals surface area contributed by atoms with Crippen LogP contribution >= 0.6 is 11.8 Å². The Morgan fingerprint density at radius 2 is 1.62 bits per heavy atom. The van der Waals surface area contributed by atoms with Gasteiger partial charge in [-0.15, -0.1) is 0 Å². The van der Waals surface area contributed by atoms with Gasteiger partial charge in [0.25, 0.3) is 0 Å². The number of hydrogen-bond donors (Lipinski definition) is 0. The van der Waals surface area contributed by atoms with Crippen molar-refractivity contribution in [2.75, 3.05) is 43.1 Å². The van der Waals surface area contributed by atoms with Gasteiger partial charge in [0.2, 0.25) is 0 Å². The average Bonchev–Trinajstić information content (AvgIpc) is 2.42. The number of nitrogens with zero attached hydrogens (tertiary/aromatic N) is 2. The zero-order valence-corrected chi connectivity index (χ0v) is 15.5. The Balaban J connectivity index is 2.72. The molecule has 21 heavy (non-hydrogen) atoms. The minimum Gasteiger partial charge on any atom is -0.369 e. The lowest BCUT2D eigenvalue weighted by Gasteiger charge is -2.37. The lowest BCUT2D eigenvalue weighted by molar-refractivity contribution is 0.149. The summed E-state index contributed by atoms with van der Waals surface area (Å²) in [6, 6.07) is 8.93. The minimum atomic E-state index is 0.243. The van der Waals surface area contributed by atoms with Crippen LogP contribution in [0.4, 0.5) is 5.69 Å². The molecule has 0 atom stereocenters. The third kappa shape index (κ3) is 6.31. The quantitative estimate of drug-likeness (QED) is 0.707. The van der Waals surface area contributed by atoms with E-state index in [-0.39, 0.29) is 5.54 Å². The molecular weight excluding hydrogens is 276 g/mol. The van der Waals surface area contributed by atoms with Gasteiger partial charge >= 0.3 is 0 Å². The van der Waals surface area contributed by atoms with E-state index in [1.807, 2.05) is 11.8 Å². The number of rotatable bonds is 8. The lowest BCUT2D eigenvalue weighted by atomic mass is 10.1. The van der Waals surface area contributed by atoms with Crippen LogP contribution in [0.15, 0.2) is 24.3 Å². The van der Waals surface area contributed by atoms with Crippen LogP contribution in [0.1, 0.15) is 33.3 Å². The Kier molecular flexibility index (Phi) is 7.61. The molecule has 0 saturated heterocycles. The first-order valence-electron chi connectivity index (χ1n) is 7.94. The number of thioether (sulfide) groups is 1. The van der Waals surface area contributed by atoms with Crippen molar-refractivity contribution in [3.05, 3.63) is 29.8 Å². The van der Waals surface area contributed by atoms with Crippen molar-refractivity contribution in [1.82, 2.24) is 4.90 Å². The smallest absolute Gasteiger partial charge is 0.0367 e. The molecule has 1 aromatic carbocycles. The average molecular weight is 309 g/mol. The molecule has 0 amide bonds. The maximum absolute atomic E-state index is 2.55. The van der Waals surface area contributed by atoms with E-state index in [1.54, 1.807) is 0 Å². The van der Waals surface area contributed by atoms with E-state index in [4.69, 9.17) is 0 Å². The van der Waals surface area contributed by atoms with Crippen LogP contribution in [-0.4, -0.2) is 48.6 Å². The highest BCUT2D eigenvalue weighted by Gasteiger charge is 2.20. The molecule has 0 fully saturated rings. The number of hydrogen-bond acceptors (Lipinski definition) is 3. The van der Waals surface area contributed by atoms with Crippen LogP contribution < -0.4 is 4.90 Å². The summed E-state index contributed by atoms with van der Waals surface area (Å²) in [6.45, 7) is 15.7. The summed E-state index contributed by atoms with van der Waals surface area (Å²) >= 11 is 1.92. The molecule has 1 aromatic rings. The first kappa shape index (κ1) is 18.4. The van der Waals surface area contributed by atoms with Gasteiger partial charge < -0.3 is 4.90 Å². The predicted molar refractivity (Wildman–Crippen MR) is 98.8 cm³/mol. The van der Waals surface area contributed by atoms with Gasteiger partial charge in [0.1, 0.15) is 0 Å². The number of likely N-dealkylation sites (N-methyl/N-ethyl adjacent to an activating group) is 1. The molecule has 0 saturated carbocycles. The maximum Gasteiger partial charge on any atom is 0.0367 e. The first-order valence-corrected chi connectivity index (χ1v) is 9.33. The monoisotopic (exact) mass is 308 g/mol. The fourth-order valence-corrected chi connectivity index (χ4v) is 2.94. The van der Waals surface area contributed by atoms with Crippen molar-refractivity contribution in [1.29, 1.82) is 0 Å². The highest BCUT2D eigenvalue weighted by molar-refractivity contribution is 7.98. The van der Waals surface area contributed by atoms with Gasteiger partial charge in [-0.25, -0.2) is 0 Å². The van der Waals surface area contributed by atoms with Crippen molar-refractivity contribution in [2.24, 2.45) is 0 Å². The zero-order chi connectivity index (χ0) is 15.9. The van der Waals surface area contributed by atoms with Crippen molar-refractivity contribution in [3.8, 4) is 0 Å². The summed E-state index contributed by atoms with van der Waals surface area (Å²) in [5.41, 5.74) is 2.92. The van der Waals surface area contributed by atoms with Crippen molar-refractivity contribution >= 4 is 17.4 Å². The molecule has 2 nitrogen and oxygen atoms in total. The van der Waals surface area contributed by atoms with E-state index in [0.717, 1.165) is 26.2 Å². The molecule has 0 aromatic heterocycles. The number of anilines is 1. The molecule has 0 bridgehead atoms. The molecule has 0 spiro atoms. The molecule has 1 rings (SSSR count). The van der Waals surface area contributed by atoms with Crippen molar-refractivity contribution in [2.45, 2.75) is 40.2 Å². The molecule has 120 valence electrons. The van der Waals surface area contributed by atoms with E-state index in [0.29, 0.717) is 0 Å². The predicted octanol–water partition coefficient (Wildman–Crippen LogP) is 4.28. The molecule has 0 N–H and O–H groups in total. The molecule has 0 aliphatic carbocycles. The molecule has 0 unspecified atom stereocenters. The molecule has 0 aliphatic heterocycles. The lowest BCUT2D eigenvalue weighted by Crippen LogP contribution is -2.45. The van der Waals surface area contributed by atoms with E-state index in [2.05, 4.69) is 74.9 Å². The summed E-state index contributed by atoms with van der Waals surface area (Å²) < 4.78 is 0. The summed E-state index contributed by atoms with van der Waals surface area (Å²) in [4.78, 5) is 5.07. The van der Waals surface area contributed by atoms with Gasteiger partial charge in [-0.05, 0) is 52.6 Å². The molecular formula is C18H32N2S. The summed E-state index contributed by atoms with van der Waals surface area (Å²) in [7, 11) is 0. The molecule has 0 aliphatic rings. The first-order chi connectivity index (χ1) is 9.88. The Bertz CT molecular complexity index is 395. The van der Waals surface area contributed by atoms with Crippen molar-refractivity contribution < 1.29 is 0 Å². The second-order valence-electron chi connectivity index (χ2n) is 6.57. The van der Waals surface area contributed by atoms with Gasteiger partial charge in [0.05, 0.1) is 0 Å². The maximum atomic E-state index is 2.55. The Hall–Kier alpha value is -0.670. The number of benzene rings is 1. The van der Waals surface area contributed by atoms with Crippen LogP contribution in [0, 0.1) is 6.92 Å². The zero-order valence-electron chi connectivity index (χ0n) is 14.6. The highest BCUT2D eigenvalue weighted by atomic mass is 32.2. The fraction of sp³-hybridized carbons (Fsp3) is 0.667. The largest absolute Gasteiger partial charge is 0.369 e. The third-order valence-corrected chi connectivity index (χ3v) is 4.53. The Morgan fingerprint density at radius 3 is 2.10 bits per heavy atom. The van der Waals surface area contributed by atoms with Crippen LogP contribution in [0.3, 0.4) is 0 Å². The fourth-order valence-electron chi connectivity index (χ4n) is 2.54. The van der Waals surface area contributed by atoms with Gasteiger partial charge in [-0.3, -0.25) is 4.90 Å². The molecule has 0 radical (unpaired) electrons. The highest BCUT2D eigenvalue weighted by Crippen LogP contribution is 2.17. The number of aryl methyl sites for hydroxylation is 1. The Morgan fingerprint density at radius 1 is 1.00 bits per heavy atom. The minimum absolute atomic E-state index is 0.243. The van der Waals surface area contributed by atoms with Crippen LogP contribution in [0.25, 0.3) is 0 Å². The second-order valence-corrected chi connectivity index (χ2v) is 7.55. The van der Waals surface area contributed by atoms with E-state index in [9.17, 15) is 0 Å². The SMILES string of the molecule is CCN(CCN(CCSC)c1ccc(C)cc1)C(C)(C)C. The van der Waals surface area contributed by atoms with Crippen LogP contribution in [0.2, 0.25) is 0 Å². The normalized spacial score (nSPS) is 12.0. The van der Waals surface area contributed by atoms with Gasteiger partial charge in [-0.1, -0.05) is 24.6 Å². The van der Waals surface area contributed by atoms with Crippen LogP contribution in [0.5, 0.6) is 0 Å². The second kappa shape index (κ2) is 8.70. The standard InChI is InChI=1S/C18H32N2S/c1-7-20(18(3,4)5)13-12-19(14-15-21-6)17-10-8-16(2)9-11-17/h8-11H,7,12-15H2,1-6H3. The Labute approximate surface area is 135 Å². The summed E-state index contributed by atoms with van der Waals surface area (Å²) in [5.74, 6) is 1.18. The van der Waals surface area contributed by atoms with E-state index >= 15 is 0 Å². The van der Waals surface area contributed by atoms with E-state index in [1.165, 1.54) is 17.0 Å². The van der Waals surface area contributed by atoms with Crippen molar-refractivity contribution in [3.63, 3.8) is 0 Å². The topological polar surface area (TPSA) is 6.48 Å². The molecule has 0 heterocycles. The van der Waals surface area contributed by atoms with Gasteiger partial charge in [0, 0.05) is 36.6 Å². The van der Waals surface area contributed by atoms with Gasteiger partial charge in [0.15, 0.2) is 0 Å². The van der Waals surface area contributed by atoms with Gasteiger partial charge in [-0.2, -0.15) is 11.8 Å².